The van der Waals surface area contributed by atoms with Crippen LogP contribution in [0.25, 0.3) is 24.3 Å². The maximum absolute atomic E-state index is 10.2. The monoisotopic (exact) mass is 320 g/mol. The first-order valence-corrected chi connectivity index (χ1v) is 7.26. The zero-order valence-electron chi connectivity index (χ0n) is 12.9. The average molecular weight is 320 g/mol. The van der Waals surface area contributed by atoms with Gasteiger partial charge in [0.1, 0.15) is 35.6 Å². The highest BCUT2D eigenvalue weighted by Crippen LogP contribution is 2.12. The summed E-state index contributed by atoms with van der Waals surface area (Å²) in [6.45, 7) is 0. The highest BCUT2D eigenvalue weighted by Gasteiger charge is 1.94. The van der Waals surface area contributed by atoms with Crippen molar-refractivity contribution in [3.63, 3.8) is 0 Å². The van der Waals surface area contributed by atoms with Crippen LogP contribution in [0.2, 0.25) is 0 Å². The topological polar surface area (TPSA) is 60.4 Å². The summed E-state index contributed by atoms with van der Waals surface area (Å²) < 4.78 is 10.9. The maximum atomic E-state index is 10.2. The van der Waals surface area contributed by atoms with E-state index in [0.717, 1.165) is 0 Å². The van der Waals surface area contributed by atoms with Crippen molar-refractivity contribution in [2.24, 2.45) is 0 Å². The lowest BCUT2D eigenvalue weighted by Gasteiger charge is -1.84. The van der Waals surface area contributed by atoms with Gasteiger partial charge in [-0.1, -0.05) is 24.3 Å². The molecule has 4 heteroatoms. The molecule has 2 heterocycles. The number of hydrogen-bond donors (Lipinski definition) is 0. The molecule has 24 heavy (non-hydrogen) atoms. The van der Waals surface area contributed by atoms with Crippen molar-refractivity contribution in [2.75, 3.05) is 0 Å². The Kier molecular flexibility index (Phi) is 6.77. The molecule has 0 aliphatic rings. The first-order chi connectivity index (χ1) is 11.8. The van der Waals surface area contributed by atoms with Gasteiger partial charge >= 0.3 is 0 Å². The summed E-state index contributed by atoms with van der Waals surface area (Å²) >= 11 is 0. The van der Waals surface area contributed by atoms with Crippen LogP contribution in [0.3, 0.4) is 0 Å². The van der Waals surface area contributed by atoms with Gasteiger partial charge in [-0.2, -0.15) is 0 Å². The van der Waals surface area contributed by atoms with Gasteiger partial charge in [-0.05, 0) is 60.7 Å². The van der Waals surface area contributed by atoms with Gasteiger partial charge in [0.05, 0.1) is 0 Å². The van der Waals surface area contributed by atoms with Gasteiger partial charge in [-0.3, -0.25) is 9.59 Å². The van der Waals surface area contributed by atoms with E-state index in [2.05, 4.69) is 0 Å². The standard InChI is InChI=1S/C20H16O4/c21-15-5-9-19-13-11-17(23-19)7-3-1-2-4-8-18-12-14-20(24-18)10-6-16-22/h1-16H/b2-1+,7-3+,8-4+,9-5+,10-6+. The van der Waals surface area contributed by atoms with Gasteiger partial charge in [-0.25, -0.2) is 0 Å². The summed E-state index contributed by atoms with van der Waals surface area (Å²) in [6.07, 6.45) is 18.4. The van der Waals surface area contributed by atoms with E-state index in [9.17, 15) is 9.59 Å². The predicted octanol–water partition coefficient (Wildman–Crippen LogP) is 4.58. The lowest BCUT2D eigenvalue weighted by Crippen LogP contribution is -1.63. The quantitative estimate of drug-likeness (QED) is 0.406. The van der Waals surface area contributed by atoms with Gasteiger partial charge in [0.25, 0.3) is 0 Å². The molecule has 2 aromatic heterocycles. The minimum Gasteiger partial charge on any atom is -0.457 e. The number of carbonyl (C=O) groups excluding carboxylic acids is 2. The SMILES string of the molecule is O=C/C=C/c1ccc(/C=C/C=C/C=C/c2ccc(/C=C/C=O)o2)o1. The van der Waals surface area contributed by atoms with Crippen molar-refractivity contribution >= 4 is 36.9 Å². The number of carbonyl (C=O) groups is 2. The molecule has 4 nitrogen and oxygen atoms in total. The molecule has 0 saturated carbocycles. The van der Waals surface area contributed by atoms with Crippen LogP contribution in [0.15, 0.2) is 69.6 Å². The summed E-state index contributed by atoms with van der Waals surface area (Å²) in [7, 11) is 0. The van der Waals surface area contributed by atoms with E-state index < -0.39 is 0 Å². The Morgan fingerprint density at radius 3 is 1.17 bits per heavy atom. The van der Waals surface area contributed by atoms with Crippen molar-refractivity contribution < 1.29 is 18.4 Å². The van der Waals surface area contributed by atoms with Crippen molar-refractivity contribution in [1.82, 2.24) is 0 Å². The average Bonchev–Trinajstić information content (AvgIpc) is 3.23. The van der Waals surface area contributed by atoms with Crippen LogP contribution < -0.4 is 0 Å². The Labute approximate surface area is 139 Å². The maximum Gasteiger partial charge on any atom is 0.142 e. The van der Waals surface area contributed by atoms with Crippen LogP contribution in [0.1, 0.15) is 23.0 Å². The van der Waals surface area contributed by atoms with E-state index >= 15 is 0 Å². The van der Waals surface area contributed by atoms with Crippen molar-refractivity contribution in [1.29, 1.82) is 0 Å². The van der Waals surface area contributed by atoms with Crippen LogP contribution in [0.5, 0.6) is 0 Å². The zero-order chi connectivity index (χ0) is 17.0. The fourth-order valence-electron chi connectivity index (χ4n) is 1.79. The molecule has 0 atom stereocenters. The van der Waals surface area contributed by atoms with E-state index in [0.29, 0.717) is 35.6 Å². The summed E-state index contributed by atoms with van der Waals surface area (Å²) in [5, 5.41) is 0. The van der Waals surface area contributed by atoms with Gasteiger partial charge < -0.3 is 8.83 Å². The fourth-order valence-corrected chi connectivity index (χ4v) is 1.79. The second-order valence-corrected chi connectivity index (χ2v) is 4.57. The molecule has 0 aliphatic heterocycles. The van der Waals surface area contributed by atoms with Crippen molar-refractivity contribution in [2.45, 2.75) is 0 Å². The normalized spacial score (nSPS) is 12.5. The highest BCUT2D eigenvalue weighted by atomic mass is 16.3. The van der Waals surface area contributed by atoms with Crippen LogP contribution in [-0.2, 0) is 9.59 Å². The molecular formula is C20H16O4. The lowest BCUT2D eigenvalue weighted by atomic mass is 10.3. The lowest BCUT2D eigenvalue weighted by molar-refractivity contribution is -0.104. The van der Waals surface area contributed by atoms with E-state index in [1.807, 2.05) is 48.6 Å². The van der Waals surface area contributed by atoms with Gasteiger partial charge in [0.15, 0.2) is 0 Å². The fraction of sp³-hybridized carbons (Fsp3) is 0. The smallest absolute Gasteiger partial charge is 0.142 e. The second-order valence-electron chi connectivity index (χ2n) is 4.57. The van der Waals surface area contributed by atoms with E-state index in [4.69, 9.17) is 8.83 Å². The van der Waals surface area contributed by atoms with Gasteiger partial charge in [-0.15, -0.1) is 0 Å². The molecule has 0 amide bonds. The molecule has 0 unspecified atom stereocenters. The zero-order valence-corrected chi connectivity index (χ0v) is 12.9. The van der Waals surface area contributed by atoms with Crippen molar-refractivity contribution in [3.05, 3.63) is 83.8 Å². The summed E-state index contributed by atoms with van der Waals surface area (Å²) in [4.78, 5) is 20.5. The third kappa shape index (κ3) is 5.77. The summed E-state index contributed by atoms with van der Waals surface area (Å²) in [6, 6.07) is 7.22. The Balaban J connectivity index is 1.85. The molecule has 2 rings (SSSR count). The molecule has 0 fully saturated rings. The van der Waals surface area contributed by atoms with Crippen LogP contribution in [0, 0.1) is 0 Å². The van der Waals surface area contributed by atoms with Gasteiger partial charge in [0.2, 0.25) is 0 Å². The van der Waals surface area contributed by atoms with Crippen molar-refractivity contribution in [3.8, 4) is 0 Å². The Morgan fingerprint density at radius 2 is 0.833 bits per heavy atom. The third-order valence-corrected chi connectivity index (χ3v) is 2.83. The Bertz CT molecular complexity index is 742. The minimum atomic E-state index is 0.628. The predicted molar refractivity (Wildman–Crippen MR) is 94.8 cm³/mol. The molecule has 2 aromatic rings. The van der Waals surface area contributed by atoms with Crippen LogP contribution >= 0.6 is 0 Å². The van der Waals surface area contributed by atoms with Crippen LogP contribution in [0.4, 0.5) is 0 Å². The minimum absolute atomic E-state index is 0.628. The summed E-state index contributed by atoms with van der Waals surface area (Å²) in [5.41, 5.74) is 0. The first kappa shape index (κ1) is 17.0. The van der Waals surface area contributed by atoms with Crippen LogP contribution in [-0.4, -0.2) is 12.6 Å². The molecule has 0 bridgehead atoms. The van der Waals surface area contributed by atoms with E-state index in [-0.39, 0.29) is 0 Å². The molecule has 0 N–H and O–H groups in total. The van der Waals surface area contributed by atoms with E-state index in [1.54, 1.807) is 24.3 Å². The number of rotatable bonds is 8. The summed E-state index contributed by atoms with van der Waals surface area (Å²) in [5.74, 6) is 2.66. The van der Waals surface area contributed by atoms with E-state index in [1.165, 1.54) is 12.2 Å². The number of allylic oxidation sites excluding steroid dienone is 6. The molecular weight excluding hydrogens is 304 g/mol. The molecule has 0 saturated heterocycles. The number of aldehydes is 2. The Hall–Kier alpha value is -3.40. The molecule has 0 aromatic carbocycles. The van der Waals surface area contributed by atoms with Gasteiger partial charge in [0, 0.05) is 0 Å². The number of hydrogen-bond acceptors (Lipinski definition) is 4. The molecule has 0 aliphatic carbocycles. The second kappa shape index (κ2) is 9.58. The largest absolute Gasteiger partial charge is 0.457 e. The number of furan rings is 2. The highest BCUT2D eigenvalue weighted by molar-refractivity contribution is 5.73. The first-order valence-electron chi connectivity index (χ1n) is 7.26. The third-order valence-electron chi connectivity index (χ3n) is 2.83. The molecule has 0 radical (unpaired) electrons. The molecule has 0 spiro atoms. The Morgan fingerprint density at radius 1 is 0.500 bits per heavy atom. The molecule has 120 valence electrons.